The van der Waals surface area contributed by atoms with E-state index in [9.17, 15) is 9.90 Å². The maximum Gasteiger partial charge on any atom is 0.224 e. The van der Waals surface area contributed by atoms with Crippen molar-refractivity contribution in [2.75, 3.05) is 5.32 Å². The fourth-order valence-electron chi connectivity index (χ4n) is 4.03. The number of rotatable bonds is 8. The lowest BCUT2D eigenvalue weighted by molar-refractivity contribution is -0.120. The molecule has 5 aromatic rings. The summed E-state index contributed by atoms with van der Waals surface area (Å²) in [6.45, 7) is 0.916. The fourth-order valence-corrected chi connectivity index (χ4v) is 4.73. The molecule has 3 aromatic carbocycles. The van der Waals surface area contributed by atoms with Crippen LogP contribution in [0.3, 0.4) is 0 Å². The van der Waals surface area contributed by atoms with Crippen LogP contribution < -0.4 is 10.6 Å². The molecule has 10 heteroatoms. The van der Waals surface area contributed by atoms with Crippen LogP contribution in [0.2, 0.25) is 10.0 Å². The number of aromatic nitrogens is 3. The van der Waals surface area contributed by atoms with Gasteiger partial charge in [0.25, 0.3) is 0 Å². The highest BCUT2D eigenvalue weighted by molar-refractivity contribution is 9.10. The number of phenolic OH excluding ortho intramolecular Hbond substituents is 1. The highest BCUT2D eigenvalue weighted by atomic mass is 79.9. The van der Waals surface area contributed by atoms with Gasteiger partial charge in [0.05, 0.1) is 27.8 Å². The zero-order chi connectivity index (χ0) is 26.6. The average Bonchev–Trinajstić information content (AvgIpc) is 3.29. The van der Waals surface area contributed by atoms with Gasteiger partial charge >= 0.3 is 0 Å². The van der Waals surface area contributed by atoms with E-state index in [1.165, 1.54) is 6.07 Å². The third kappa shape index (κ3) is 5.93. The molecule has 3 N–H and O–H groups in total. The standard InChI is InChI=1S/C28H22BrCl2N5O2/c29-21-16-34-36-26(13-24(35-28(21)36)20-6-1-2-7-22(20)30)32-14-18-4-3-5-19(10-18)15-33-27(38)12-17-8-9-23(31)25(37)11-17/h1-11,13,16,32,37H,12,14-15H2,(H,33,38). The second kappa shape index (κ2) is 11.4. The lowest BCUT2D eigenvalue weighted by Gasteiger charge is -2.13. The van der Waals surface area contributed by atoms with E-state index >= 15 is 0 Å². The van der Waals surface area contributed by atoms with Gasteiger partial charge in [-0.25, -0.2) is 4.98 Å². The number of halogens is 3. The van der Waals surface area contributed by atoms with Crippen LogP contribution in [0.15, 0.2) is 83.5 Å². The van der Waals surface area contributed by atoms with Crippen LogP contribution in [0.5, 0.6) is 5.75 Å². The molecule has 0 saturated heterocycles. The van der Waals surface area contributed by atoms with Crippen molar-refractivity contribution in [3.8, 4) is 17.0 Å². The molecular formula is C28H22BrCl2N5O2. The number of aromatic hydroxyl groups is 1. The van der Waals surface area contributed by atoms with Crippen LogP contribution in [0, 0.1) is 0 Å². The van der Waals surface area contributed by atoms with Gasteiger partial charge in [-0.1, -0.05) is 71.7 Å². The zero-order valence-corrected chi connectivity index (χ0v) is 23.1. The third-order valence-corrected chi connectivity index (χ3v) is 7.12. The number of fused-ring (bicyclic) bond motifs is 1. The van der Waals surface area contributed by atoms with E-state index < -0.39 is 0 Å². The number of hydrogen-bond acceptors (Lipinski definition) is 5. The molecule has 2 heterocycles. The molecule has 1 amide bonds. The Hall–Kier alpha value is -3.59. The lowest BCUT2D eigenvalue weighted by atomic mass is 10.1. The average molecular weight is 611 g/mol. The Morgan fingerprint density at radius 3 is 2.50 bits per heavy atom. The van der Waals surface area contributed by atoms with Crippen molar-refractivity contribution >= 4 is 56.5 Å². The number of hydrogen-bond donors (Lipinski definition) is 3. The Morgan fingerprint density at radius 2 is 1.71 bits per heavy atom. The van der Waals surface area contributed by atoms with Gasteiger partial charge in [-0.05, 0) is 50.8 Å². The summed E-state index contributed by atoms with van der Waals surface area (Å²) in [5, 5.41) is 21.4. The monoisotopic (exact) mass is 609 g/mol. The van der Waals surface area contributed by atoms with Crippen molar-refractivity contribution in [1.29, 1.82) is 0 Å². The number of carbonyl (C=O) groups excluding carboxylic acids is 1. The summed E-state index contributed by atoms with van der Waals surface area (Å²) in [6.07, 6.45) is 1.86. The summed E-state index contributed by atoms with van der Waals surface area (Å²) in [7, 11) is 0. The molecular weight excluding hydrogens is 589 g/mol. The molecule has 2 aromatic heterocycles. The quantitative estimate of drug-likeness (QED) is 0.183. The molecule has 0 aliphatic heterocycles. The predicted molar refractivity (Wildman–Crippen MR) is 154 cm³/mol. The third-order valence-electron chi connectivity index (χ3n) is 5.91. The van der Waals surface area contributed by atoms with Gasteiger partial charge in [-0.15, -0.1) is 0 Å². The summed E-state index contributed by atoms with van der Waals surface area (Å²) >= 11 is 15.8. The van der Waals surface area contributed by atoms with Gasteiger partial charge in [0.2, 0.25) is 5.91 Å². The van der Waals surface area contributed by atoms with E-state index in [1.807, 2.05) is 54.6 Å². The molecule has 0 aliphatic rings. The topological polar surface area (TPSA) is 91.5 Å². The Labute approximate surface area is 237 Å². The number of amides is 1. The highest BCUT2D eigenvalue weighted by Crippen LogP contribution is 2.30. The maximum atomic E-state index is 12.4. The fraction of sp³-hybridized carbons (Fsp3) is 0.107. The Morgan fingerprint density at radius 1 is 0.921 bits per heavy atom. The van der Waals surface area contributed by atoms with Crippen molar-refractivity contribution < 1.29 is 9.90 Å². The van der Waals surface area contributed by atoms with Crippen LogP contribution in [-0.4, -0.2) is 25.6 Å². The first-order valence-corrected chi connectivity index (χ1v) is 13.3. The molecule has 38 heavy (non-hydrogen) atoms. The van der Waals surface area contributed by atoms with E-state index in [2.05, 4.69) is 31.7 Å². The van der Waals surface area contributed by atoms with Crippen molar-refractivity contribution in [1.82, 2.24) is 19.9 Å². The number of carbonyl (C=O) groups is 1. The summed E-state index contributed by atoms with van der Waals surface area (Å²) in [5.74, 6) is 0.580. The molecule has 7 nitrogen and oxygen atoms in total. The Balaban J connectivity index is 1.28. The van der Waals surface area contributed by atoms with Crippen molar-refractivity contribution in [3.05, 3.63) is 110 Å². The van der Waals surface area contributed by atoms with Crippen LogP contribution in [0.1, 0.15) is 16.7 Å². The molecule has 5 rings (SSSR count). The van der Waals surface area contributed by atoms with Crippen LogP contribution in [0.25, 0.3) is 16.9 Å². The highest BCUT2D eigenvalue weighted by Gasteiger charge is 2.13. The summed E-state index contributed by atoms with van der Waals surface area (Å²) in [4.78, 5) is 17.2. The summed E-state index contributed by atoms with van der Waals surface area (Å²) in [5.41, 5.74) is 4.93. The number of nitrogens with one attached hydrogen (secondary N) is 2. The summed E-state index contributed by atoms with van der Waals surface area (Å²) < 4.78 is 2.52. The van der Waals surface area contributed by atoms with E-state index in [0.717, 1.165) is 32.7 Å². The first kappa shape index (κ1) is 26.0. The minimum absolute atomic E-state index is 0.0369. The van der Waals surface area contributed by atoms with Crippen LogP contribution >= 0.6 is 39.1 Å². The van der Waals surface area contributed by atoms with Crippen molar-refractivity contribution in [2.45, 2.75) is 19.5 Å². The normalized spacial score (nSPS) is 11.0. The number of nitrogens with zero attached hydrogens (tertiary/aromatic N) is 3. The molecule has 0 aliphatic carbocycles. The summed E-state index contributed by atoms with van der Waals surface area (Å²) in [6, 6.07) is 22.3. The molecule has 0 saturated carbocycles. The van der Waals surface area contributed by atoms with Crippen LogP contribution in [-0.2, 0) is 24.3 Å². The van der Waals surface area contributed by atoms with Gasteiger partial charge in [0.1, 0.15) is 11.6 Å². The number of anilines is 1. The molecule has 0 atom stereocenters. The first-order chi connectivity index (χ1) is 18.4. The van der Waals surface area contributed by atoms with Crippen molar-refractivity contribution in [2.24, 2.45) is 0 Å². The van der Waals surface area contributed by atoms with Gasteiger partial charge < -0.3 is 15.7 Å². The Kier molecular flexibility index (Phi) is 7.83. The number of benzene rings is 3. The first-order valence-electron chi connectivity index (χ1n) is 11.7. The second-order valence-electron chi connectivity index (χ2n) is 8.65. The minimum Gasteiger partial charge on any atom is -0.506 e. The number of phenols is 1. The molecule has 0 radical (unpaired) electrons. The van der Waals surface area contributed by atoms with Gasteiger partial charge in [-0.2, -0.15) is 9.61 Å². The minimum atomic E-state index is -0.147. The molecule has 0 unspecified atom stereocenters. The molecule has 0 fully saturated rings. The second-order valence-corrected chi connectivity index (χ2v) is 10.3. The lowest BCUT2D eigenvalue weighted by Crippen LogP contribution is -2.24. The SMILES string of the molecule is O=C(Cc1ccc(Cl)c(O)c1)NCc1cccc(CNc2cc(-c3ccccc3Cl)nc3c(Br)cnn23)c1. The Bertz CT molecular complexity index is 1640. The molecule has 0 spiro atoms. The van der Waals surface area contributed by atoms with E-state index in [1.54, 1.807) is 22.8 Å². The molecule has 0 bridgehead atoms. The largest absolute Gasteiger partial charge is 0.506 e. The van der Waals surface area contributed by atoms with E-state index in [4.69, 9.17) is 28.2 Å². The van der Waals surface area contributed by atoms with E-state index in [-0.39, 0.29) is 23.1 Å². The van der Waals surface area contributed by atoms with Crippen LogP contribution in [0.4, 0.5) is 5.82 Å². The maximum absolute atomic E-state index is 12.4. The zero-order valence-electron chi connectivity index (χ0n) is 20.0. The van der Waals surface area contributed by atoms with Crippen molar-refractivity contribution in [3.63, 3.8) is 0 Å². The van der Waals surface area contributed by atoms with Gasteiger partial charge in [0, 0.05) is 29.7 Å². The predicted octanol–water partition coefficient (Wildman–Crippen LogP) is 6.64. The van der Waals surface area contributed by atoms with Gasteiger partial charge in [0.15, 0.2) is 5.65 Å². The smallest absolute Gasteiger partial charge is 0.224 e. The van der Waals surface area contributed by atoms with E-state index in [0.29, 0.717) is 29.3 Å². The molecule has 192 valence electrons. The van der Waals surface area contributed by atoms with Gasteiger partial charge in [-0.3, -0.25) is 4.79 Å².